The van der Waals surface area contributed by atoms with Crippen LogP contribution >= 0.6 is 22.6 Å². The van der Waals surface area contributed by atoms with Crippen LogP contribution < -0.4 is 11.1 Å². The molecule has 0 saturated carbocycles. The Labute approximate surface area is 88.6 Å². The first-order valence-corrected chi connectivity index (χ1v) is 4.54. The molecule has 0 unspecified atom stereocenters. The molecule has 0 fully saturated rings. The lowest BCUT2D eigenvalue weighted by Gasteiger charge is -2.01. The summed E-state index contributed by atoms with van der Waals surface area (Å²) in [5.41, 5.74) is 5.33. The third-order valence-corrected chi connectivity index (χ3v) is 1.98. The highest BCUT2D eigenvalue weighted by Gasteiger charge is 2.07. The van der Waals surface area contributed by atoms with Crippen LogP contribution in [0.15, 0.2) is 24.3 Å². The molecule has 68 valence electrons. The molecule has 2 amide bonds. The smallest absolute Gasteiger partial charge is 0.313 e. The van der Waals surface area contributed by atoms with Gasteiger partial charge < -0.3 is 11.1 Å². The van der Waals surface area contributed by atoms with Crippen molar-refractivity contribution >= 4 is 40.1 Å². The average Bonchev–Trinajstić information content (AvgIpc) is 2.04. The summed E-state index contributed by atoms with van der Waals surface area (Å²) in [6.45, 7) is 0. The second-order valence-corrected chi connectivity index (χ2v) is 3.57. The number of carbonyl (C=O) groups is 2. The Morgan fingerprint density at radius 1 is 1.38 bits per heavy atom. The Morgan fingerprint density at radius 3 is 2.62 bits per heavy atom. The quantitative estimate of drug-likeness (QED) is 0.591. The first kappa shape index (κ1) is 9.97. The van der Waals surface area contributed by atoms with E-state index in [-0.39, 0.29) is 0 Å². The van der Waals surface area contributed by atoms with Crippen LogP contribution in [0.25, 0.3) is 0 Å². The molecule has 1 aromatic carbocycles. The van der Waals surface area contributed by atoms with E-state index in [2.05, 4.69) is 27.9 Å². The van der Waals surface area contributed by atoms with Gasteiger partial charge in [-0.2, -0.15) is 0 Å². The number of nitrogens with two attached hydrogens (primary N) is 1. The fraction of sp³-hybridized carbons (Fsp3) is 0. The topological polar surface area (TPSA) is 72.2 Å². The minimum Gasteiger partial charge on any atom is -0.361 e. The minimum absolute atomic E-state index is 0.565. The summed E-state index contributed by atoms with van der Waals surface area (Å²) in [5, 5.41) is 2.36. The largest absolute Gasteiger partial charge is 0.361 e. The molecule has 0 atom stereocenters. The maximum Gasteiger partial charge on any atom is 0.313 e. The highest BCUT2D eigenvalue weighted by molar-refractivity contribution is 14.1. The zero-order valence-corrected chi connectivity index (χ0v) is 8.74. The van der Waals surface area contributed by atoms with Gasteiger partial charge in [0, 0.05) is 9.26 Å². The summed E-state index contributed by atoms with van der Waals surface area (Å²) in [6.07, 6.45) is 0. The highest BCUT2D eigenvalue weighted by atomic mass is 127. The Bertz CT molecular complexity index is 352. The molecule has 0 heterocycles. The molecule has 13 heavy (non-hydrogen) atoms. The van der Waals surface area contributed by atoms with Crippen molar-refractivity contribution in [2.45, 2.75) is 0 Å². The summed E-state index contributed by atoms with van der Waals surface area (Å²) in [7, 11) is 0. The van der Waals surface area contributed by atoms with Crippen molar-refractivity contribution in [1.82, 2.24) is 0 Å². The number of anilines is 1. The van der Waals surface area contributed by atoms with Gasteiger partial charge in [0.2, 0.25) is 0 Å². The molecule has 1 rings (SSSR count). The SMILES string of the molecule is NC(=O)C(=O)Nc1cccc(I)c1. The molecule has 0 saturated heterocycles. The van der Waals surface area contributed by atoms with Gasteiger partial charge in [0.1, 0.15) is 0 Å². The van der Waals surface area contributed by atoms with Gasteiger partial charge >= 0.3 is 11.8 Å². The van der Waals surface area contributed by atoms with Crippen LogP contribution in [0.4, 0.5) is 5.69 Å². The fourth-order valence-corrected chi connectivity index (χ4v) is 1.30. The van der Waals surface area contributed by atoms with Gasteiger partial charge in [-0.3, -0.25) is 9.59 Å². The Kier molecular flexibility index (Phi) is 3.24. The van der Waals surface area contributed by atoms with Gasteiger partial charge in [-0.05, 0) is 40.8 Å². The predicted octanol–water partition coefficient (Wildman–Crippen LogP) is 0.715. The normalized spacial score (nSPS) is 9.31. The lowest BCUT2D eigenvalue weighted by molar-refractivity contribution is -0.134. The van der Waals surface area contributed by atoms with Gasteiger partial charge in [0.05, 0.1) is 0 Å². The first-order valence-electron chi connectivity index (χ1n) is 3.46. The molecule has 0 aliphatic heterocycles. The van der Waals surface area contributed by atoms with Crippen molar-refractivity contribution in [3.63, 3.8) is 0 Å². The summed E-state index contributed by atoms with van der Waals surface area (Å²) < 4.78 is 0.972. The van der Waals surface area contributed by atoms with Crippen LogP contribution in [-0.2, 0) is 9.59 Å². The summed E-state index contributed by atoms with van der Waals surface area (Å²) in [6, 6.07) is 7.07. The zero-order valence-electron chi connectivity index (χ0n) is 6.58. The van der Waals surface area contributed by atoms with Crippen molar-refractivity contribution in [3.8, 4) is 0 Å². The molecule has 3 N–H and O–H groups in total. The van der Waals surface area contributed by atoms with E-state index in [4.69, 9.17) is 5.73 Å². The molecule has 0 aliphatic carbocycles. The number of amides is 2. The van der Waals surface area contributed by atoms with Crippen LogP contribution in [-0.4, -0.2) is 11.8 Å². The number of nitrogens with one attached hydrogen (secondary N) is 1. The van der Waals surface area contributed by atoms with Gasteiger partial charge in [-0.1, -0.05) is 6.07 Å². The third kappa shape index (κ3) is 3.02. The summed E-state index contributed by atoms with van der Waals surface area (Å²) in [4.78, 5) is 21.2. The van der Waals surface area contributed by atoms with Crippen molar-refractivity contribution in [2.75, 3.05) is 5.32 Å². The van der Waals surface area contributed by atoms with Gasteiger partial charge in [-0.25, -0.2) is 0 Å². The number of carbonyl (C=O) groups excluding carboxylic acids is 2. The first-order chi connectivity index (χ1) is 6.09. The molecule has 4 nitrogen and oxygen atoms in total. The van der Waals surface area contributed by atoms with Gasteiger partial charge in [0.15, 0.2) is 0 Å². The van der Waals surface area contributed by atoms with Crippen LogP contribution in [0, 0.1) is 3.57 Å². The van der Waals surface area contributed by atoms with E-state index in [0.29, 0.717) is 5.69 Å². The molecule has 0 aromatic heterocycles. The standard InChI is InChI=1S/C8H7IN2O2/c9-5-2-1-3-6(4-5)11-8(13)7(10)12/h1-4H,(H2,10,12)(H,11,13). The lowest BCUT2D eigenvalue weighted by atomic mass is 10.3. The van der Waals surface area contributed by atoms with Crippen LogP contribution in [0.3, 0.4) is 0 Å². The number of benzene rings is 1. The van der Waals surface area contributed by atoms with Crippen molar-refractivity contribution in [1.29, 1.82) is 0 Å². The third-order valence-electron chi connectivity index (χ3n) is 1.31. The van der Waals surface area contributed by atoms with E-state index in [1.807, 2.05) is 6.07 Å². The molecular formula is C8H7IN2O2. The summed E-state index contributed by atoms with van der Waals surface area (Å²) in [5.74, 6) is -1.79. The second kappa shape index (κ2) is 4.22. The minimum atomic E-state index is -0.987. The Hall–Kier alpha value is -1.11. The zero-order chi connectivity index (χ0) is 9.84. The number of hydrogen-bond acceptors (Lipinski definition) is 2. The molecule has 0 aliphatic rings. The molecule has 1 aromatic rings. The molecule has 0 radical (unpaired) electrons. The van der Waals surface area contributed by atoms with E-state index in [1.54, 1.807) is 18.2 Å². The monoisotopic (exact) mass is 290 g/mol. The second-order valence-electron chi connectivity index (χ2n) is 2.33. The van der Waals surface area contributed by atoms with E-state index >= 15 is 0 Å². The number of hydrogen-bond donors (Lipinski definition) is 2. The van der Waals surface area contributed by atoms with E-state index in [0.717, 1.165) is 3.57 Å². The van der Waals surface area contributed by atoms with Crippen LogP contribution in [0.5, 0.6) is 0 Å². The van der Waals surface area contributed by atoms with Crippen LogP contribution in [0.2, 0.25) is 0 Å². The Morgan fingerprint density at radius 2 is 2.08 bits per heavy atom. The highest BCUT2D eigenvalue weighted by Crippen LogP contribution is 2.11. The van der Waals surface area contributed by atoms with Gasteiger partial charge in [0.25, 0.3) is 0 Å². The fourth-order valence-electron chi connectivity index (χ4n) is 0.759. The number of rotatable bonds is 1. The maximum absolute atomic E-state index is 10.8. The van der Waals surface area contributed by atoms with Crippen molar-refractivity contribution in [2.24, 2.45) is 5.73 Å². The van der Waals surface area contributed by atoms with Crippen molar-refractivity contribution in [3.05, 3.63) is 27.8 Å². The van der Waals surface area contributed by atoms with E-state index < -0.39 is 11.8 Å². The maximum atomic E-state index is 10.8. The number of halogens is 1. The van der Waals surface area contributed by atoms with Crippen molar-refractivity contribution < 1.29 is 9.59 Å². The summed E-state index contributed by atoms with van der Waals surface area (Å²) >= 11 is 2.10. The lowest BCUT2D eigenvalue weighted by Crippen LogP contribution is -2.29. The Balaban J connectivity index is 2.75. The van der Waals surface area contributed by atoms with Gasteiger partial charge in [-0.15, -0.1) is 0 Å². The number of primary amides is 1. The predicted molar refractivity (Wildman–Crippen MR) is 57.0 cm³/mol. The molecule has 0 bridgehead atoms. The average molecular weight is 290 g/mol. The van der Waals surface area contributed by atoms with Crippen LogP contribution in [0.1, 0.15) is 0 Å². The van der Waals surface area contributed by atoms with E-state index in [9.17, 15) is 9.59 Å². The molecule has 5 heteroatoms. The molecule has 0 spiro atoms. The molecular weight excluding hydrogens is 283 g/mol. The van der Waals surface area contributed by atoms with E-state index in [1.165, 1.54) is 0 Å².